The molecule has 0 aromatic heterocycles. The van der Waals surface area contributed by atoms with Gasteiger partial charge in [0.15, 0.2) is 12.4 Å². The number of amides is 1. The van der Waals surface area contributed by atoms with Crippen molar-refractivity contribution >= 4 is 23.6 Å². The zero-order valence-electron chi connectivity index (χ0n) is 20.0. The summed E-state index contributed by atoms with van der Waals surface area (Å²) in [6, 6.07) is 15.3. The molecule has 1 amide bonds. The van der Waals surface area contributed by atoms with Crippen molar-refractivity contribution in [3.63, 3.8) is 0 Å². The average molecular weight is 504 g/mol. The van der Waals surface area contributed by atoms with Crippen LogP contribution in [-0.4, -0.2) is 52.4 Å². The summed E-state index contributed by atoms with van der Waals surface area (Å²) in [7, 11) is 0. The molecule has 8 nitrogen and oxygen atoms in total. The zero-order chi connectivity index (χ0) is 25.2. The first-order chi connectivity index (χ1) is 16.9. The molecule has 1 aliphatic heterocycles. The Balaban J connectivity index is 1.66. The lowest BCUT2D eigenvalue weighted by Crippen LogP contribution is -2.35. The number of ether oxygens (including phenoxy) is 3. The quantitative estimate of drug-likeness (QED) is 0.317. The van der Waals surface area contributed by atoms with Crippen molar-refractivity contribution in [2.24, 2.45) is 0 Å². The molecule has 1 heterocycles. The first-order valence-electron chi connectivity index (χ1n) is 11.6. The number of thioether (sulfide) groups is 1. The van der Waals surface area contributed by atoms with Gasteiger partial charge in [-0.05, 0) is 23.6 Å². The van der Waals surface area contributed by atoms with Crippen LogP contribution in [0.15, 0.2) is 48.5 Å². The van der Waals surface area contributed by atoms with E-state index in [1.807, 2.05) is 48.5 Å². The highest BCUT2D eigenvalue weighted by Gasteiger charge is 2.32. The first kappa shape index (κ1) is 27.2. The molecular weight excluding hydrogens is 470 g/mol. The second kappa shape index (κ2) is 13.6. The Morgan fingerprint density at radius 2 is 1.71 bits per heavy atom. The van der Waals surface area contributed by atoms with Crippen LogP contribution < -0.4 is 5.32 Å². The molecule has 3 N–H and O–H groups in total. The maximum Gasteiger partial charge on any atom is 0.303 e. The molecule has 4 atom stereocenters. The standard InChI is InChI=1S/C26H33NO7S/c1-17(32-18(2)30)25(31)27-14-19-3-9-22(10-4-19)26-33-23(16-35-12-11-28)13-24(34-26)21-7-5-20(15-29)6-8-21/h3-10,17,23-24,26,28-29H,11-16H2,1-2H3,(H,27,31)/t17-,23-,24+,26+/m0/s1. The number of benzene rings is 2. The van der Waals surface area contributed by atoms with Crippen LogP contribution in [0.4, 0.5) is 0 Å². The highest BCUT2D eigenvalue weighted by molar-refractivity contribution is 7.99. The van der Waals surface area contributed by atoms with Gasteiger partial charge in [0.2, 0.25) is 0 Å². The second-order valence-corrected chi connectivity index (χ2v) is 9.51. The van der Waals surface area contributed by atoms with E-state index in [0.29, 0.717) is 18.7 Å². The second-order valence-electron chi connectivity index (χ2n) is 8.36. The van der Waals surface area contributed by atoms with Gasteiger partial charge < -0.3 is 29.7 Å². The van der Waals surface area contributed by atoms with E-state index in [2.05, 4.69) is 5.32 Å². The van der Waals surface area contributed by atoms with Crippen LogP contribution in [0, 0.1) is 0 Å². The molecule has 0 unspecified atom stereocenters. The zero-order valence-corrected chi connectivity index (χ0v) is 20.8. The van der Waals surface area contributed by atoms with Gasteiger partial charge >= 0.3 is 5.97 Å². The highest BCUT2D eigenvalue weighted by Crippen LogP contribution is 2.38. The number of carbonyl (C=O) groups excluding carboxylic acids is 2. The lowest BCUT2D eigenvalue weighted by molar-refractivity contribution is -0.245. The van der Waals surface area contributed by atoms with Crippen LogP contribution >= 0.6 is 11.8 Å². The van der Waals surface area contributed by atoms with Crippen LogP contribution in [0.1, 0.15) is 54.9 Å². The van der Waals surface area contributed by atoms with Crippen molar-refractivity contribution in [3.05, 3.63) is 70.8 Å². The van der Waals surface area contributed by atoms with E-state index in [1.54, 1.807) is 11.8 Å². The summed E-state index contributed by atoms with van der Waals surface area (Å²) in [5.74, 6) is 0.537. The topological polar surface area (TPSA) is 114 Å². The fourth-order valence-corrected chi connectivity index (χ4v) is 4.50. The SMILES string of the molecule is CC(=O)O[C@@H](C)C(=O)NCc1ccc([C@@H]2O[C@H](CSCCO)C[C@H](c3ccc(CO)cc3)O2)cc1. The Morgan fingerprint density at radius 3 is 2.34 bits per heavy atom. The van der Waals surface area contributed by atoms with Gasteiger partial charge in [0.1, 0.15) is 0 Å². The van der Waals surface area contributed by atoms with Crippen LogP contribution in [0.2, 0.25) is 0 Å². The molecule has 190 valence electrons. The van der Waals surface area contributed by atoms with Gasteiger partial charge in [0, 0.05) is 37.0 Å². The number of aliphatic hydroxyl groups excluding tert-OH is 2. The largest absolute Gasteiger partial charge is 0.453 e. The molecule has 3 rings (SSSR count). The molecule has 0 bridgehead atoms. The maximum atomic E-state index is 12.1. The molecule has 1 saturated heterocycles. The van der Waals surface area contributed by atoms with Crippen molar-refractivity contribution in [1.82, 2.24) is 5.32 Å². The fourth-order valence-electron chi connectivity index (χ4n) is 3.73. The number of esters is 1. The minimum Gasteiger partial charge on any atom is -0.453 e. The minimum atomic E-state index is -0.847. The van der Waals surface area contributed by atoms with E-state index in [-0.39, 0.29) is 31.3 Å². The number of carbonyl (C=O) groups is 2. The molecule has 1 aliphatic rings. The van der Waals surface area contributed by atoms with Crippen molar-refractivity contribution in [2.45, 2.75) is 58.0 Å². The summed E-state index contributed by atoms with van der Waals surface area (Å²) in [5.41, 5.74) is 3.62. The summed E-state index contributed by atoms with van der Waals surface area (Å²) in [6.45, 7) is 3.22. The molecule has 2 aromatic carbocycles. The molecule has 35 heavy (non-hydrogen) atoms. The van der Waals surface area contributed by atoms with Gasteiger partial charge in [-0.15, -0.1) is 0 Å². The monoisotopic (exact) mass is 503 g/mol. The third-order valence-electron chi connectivity index (χ3n) is 5.58. The molecular formula is C26H33NO7S. The van der Waals surface area contributed by atoms with E-state index in [9.17, 15) is 14.7 Å². The predicted octanol–water partition coefficient (Wildman–Crippen LogP) is 3.02. The van der Waals surface area contributed by atoms with Crippen molar-refractivity contribution < 1.29 is 34.0 Å². The lowest BCUT2D eigenvalue weighted by Gasteiger charge is -2.36. The van der Waals surface area contributed by atoms with E-state index in [0.717, 1.165) is 28.0 Å². The van der Waals surface area contributed by atoms with Crippen LogP contribution in [0.3, 0.4) is 0 Å². The Bertz CT molecular complexity index is 951. The van der Waals surface area contributed by atoms with Gasteiger partial charge in [-0.3, -0.25) is 9.59 Å². The van der Waals surface area contributed by atoms with Crippen LogP contribution in [0.25, 0.3) is 0 Å². The number of hydrogen-bond donors (Lipinski definition) is 3. The molecule has 9 heteroatoms. The van der Waals surface area contributed by atoms with Crippen molar-refractivity contribution in [2.75, 3.05) is 18.1 Å². The number of hydrogen-bond acceptors (Lipinski definition) is 8. The molecule has 1 fully saturated rings. The maximum absolute atomic E-state index is 12.1. The number of aliphatic hydroxyl groups is 2. The van der Waals surface area contributed by atoms with E-state index >= 15 is 0 Å². The van der Waals surface area contributed by atoms with E-state index in [1.165, 1.54) is 13.8 Å². The Kier molecular flexibility index (Phi) is 10.6. The Labute approximate surface area is 210 Å². The average Bonchev–Trinajstić information content (AvgIpc) is 2.87. The third kappa shape index (κ3) is 8.33. The van der Waals surface area contributed by atoms with Gasteiger partial charge in [-0.2, -0.15) is 11.8 Å². The predicted molar refractivity (Wildman–Crippen MR) is 132 cm³/mol. The number of rotatable bonds is 11. The summed E-state index contributed by atoms with van der Waals surface area (Å²) in [6.07, 6.45) is -0.922. The first-order valence-corrected chi connectivity index (χ1v) is 12.8. The summed E-state index contributed by atoms with van der Waals surface area (Å²) in [5, 5.41) is 21.2. The van der Waals surface area contributed by atoms with Gasteiger partial charge in [-0.1, -0.05) is 48.5 Å². The van der Waals surface area contributed by atoms with E-state index < -0.39 is 18.4 Å². The smallest absolute Gasteiger partial charge is 0.303 e. The summed E-state index contributed by atoms with van der Waals surface area (Å²) in [4.78, 5) is 23.1. The molecule has 0 saturated carbocycles. The summed E-state index contributed by atoms with van der Waals surface area (Å²) >= 11 is 1.64. The molecule has 0 aliphatic carbocycles. The Morgan fingerprint density at radius 1 is 1.06 bits per heavy atom. The van der Waals surface area contributed by atoms with Crippen LogP contribution in [-0.2, 0) is 37.0 Å². The van der Waals surface area contributed by atoms with Gasteiger partial charge in [0.05, 0.1) is 25.4 Å². The Hall–Kier alpha value is -2.43. The highest BCUT2D eigenvalue weighted by atomic mass is 32.2. The summed E-state index contributed by atoms with van der Waals surface area (Å²) < 4.78 is 17.4. The van der Waals surface area contributed by atoms with Crippen LogP contribution in [0.5, 0.6) is 0 Å². The van der Waals surface area contributed by atoms with Crippen molar-refractivity contribution in [1.29, 1.82) is 0 Å². The minimum absolute atomic E-state index is 0.00652. The van der Waals surface area contributed by atoms with Gasteiger partial charge in [-0.25, -0.2) is 0 Å². The molecule has 0 spiro atoms. The fraction of sp³-hybridized carbons (Fsp3) is 0.462. The lowest BCUT2D eigenvalue weighted by atomic mass is 10.0. The molecule has 2 aromatic rings. The number of nitrogens with one attached hydrogen (secondary N) is 1. The van der Waals surface area contributed by atoms with E-state index in [4.69, 9.17) is 19.3 Å². The van der Waals surface area contributed by atoms with Crippen molar-refractivity contribution in [3.8, 4) is 0 Å². The third-order valence-corrected chi connectivity index (χ3v) is 6.66. The normalized spacial score (nSPS) is 20.7. The van der Waals surface area contributed by atoms with Gasteiger partial charge in [0.25, 0.3) is 5.91 Å². The molecule has 0 radical (unpaired) electrons.